The number of hydrogen-bond donors (Lipinski definition) is 1. The molecule has 1 amide bonds. The van der Waals surface area contributed by atoms with E-state index in [2.05, 4.69) is 13.8 Å². The minimum absolute atomic E-state index is 0.151. The van der Waals surface area contributed by atoms with E-state index in [4.69, 9.17) is 10.5 Å². The molecule has 0 spiro atoms. The van der Waals surface area contributed by atoms with E-state index in [1.165, 1.54) is 0 Å². The van der Waals surface area contributed by atoms with Crippen molar-refractivity contribution in [3.63, 3.8) is 0 Å². The van der Waals surface area contributed by atoms with E-state index in [1.807, 2.05) is 18.7 Å². The smallest absolute Gasteiger partial charge is 0.222 e. The van der Waals surface area contributed by atoms with Gasteiger partial charge in [0, 0.05) is 26.6 Å². The molecule has 4 heteroatoms. The van der Waals surface area contributed by atoms with Crippen LogP contribution in [0.25, 0.3) is 0 Å². The summed E-state index contributed by atoms with van der Waals surface area (Å²) in [7, 11) is 1.66. The van der Waals surface area contributed by atoms with Crippen LogP contribution in [0, 0.1) is 11.8 Å². The maximum Gasteiger partial charge on any atom is 0.222 e. The molecule has 0 aromatic heterocycles. The molecule has 1 saturated heterocycles. The molecule has 0 bridgehead atoms. The van der Waals surface area contributed by atoms with Crippen molar-refractivity contribution < 1.29 is 9.53 Å². The summed E-state index contributed by atoms with van der Waals surface area (Å²) in [4.78, 5) is 13.8. The predicted octanol–water partition coefficient (Wildman–Crippen LogP) is 1.24. The molecule has 1 heterocycles. The van der Waals surface area contributed by atoms with E-state index >= 15 is 0 Å². The van der Waals surface area contributed by atoms with Crippen LogP contribution < -0.4 is 5.73 Å². The van der Waals surface area contributed by atoms with Crippen molar-refractivity contribution in [2.24, 2.45) is 17.6 Å². The molecule has 2 unspecified atom stereocenters. The molecule has 17 heavy (non-hydrogen) atoms. The third-order valence-electron chi connectivity index (χ3n) is 4.02. The van der Waals surface area contributed by atoms with Crippen LogP contribution in [0.2, 0.25) is 0 Å². The summed E-state index contributed by atoms with van der Waals surface area (Å²) >= 11 is 0. The third-order valence-corrected chi connectivity index (χ3v) is 4.02. The molecule has 2 atom stereocenters. The average molecular weight is 242 g/mol. The lowest BCUT2D eigenvalue weighted by molar-refractivity contribution is -0.128. The largest absolute Gasteiger partial charge is 0.377 e. The summed E-state index contributed by atoms with van der Waals surface area (Å²) in [6.45, 7) is 9.67. The molecule has 100 valence electrons. The minimum Gasteiger partial charge on any atom is -0.377 e. The molecular weight excluding hydrogens is 216 g/mol. The van der Waals surface area contributed by atoms with Crippen molar-refractivity contribution in [3.05, 3.63) is 0 Å². The zero-order valence-electron chi connectivity index (χ0n) is 11.7. The highest BCUT2D eigenvalue weighted by Gasteiger charge is 2.35. The van der Waals surface area contributed by atoms with E-state index in [9.17, 15) is 4.79 Å². The molecular formula is C13H26N2O2. The van der Waals surface area contributed by atoms with Crippen LogP contribution in [0.1, 0.15) is 34.1 Å². The molecule has 1 rings (SSSR count). The van der Waals surface area contributed by atoms with Crippen LogP contribution in [0.3, 0.4) is 0 Å². The molecule has 0 aromatic rings. The number of hydrogen-bond acceptors (Lipinski definition) is 3. The monoisotopic (exact) mass is 242 g/mol. The third kappa shape index (κ3) is 3.42. The van der Waals surface area contributed by atoms with Gasteiger partial charge in [0.1, 0.15) is 0 Å². The molecule has 1 fully saturated rings. The van der Waals surface area contributed by atoms with Gasteiger partial charge < -0.3 is 15.4 Å². The van der Waals surface area contributed by atoms with Gasteiger partial charge in [-0.1, -0.05) is 13.8 Å². The molecule has 0 aromatic carbocycles. The number of rotatable bonds is 5. The van der Waals surface area contributed by atoms with Crippen LogP contribution in [-0.2, 0) is 9.53 Å². The van der Waals surface area contributed by atoms with Gasteiger partial charge in [-0.3, -0.25) is 4.79 Å². The Labute approximate surface area is 104 Å². The standard InChI is InChI=1S/C13H26N2O2/c1-9(2)10-6-12(16)15(7-10)8-11(14)13(3,4)17-5/h9-11H,6-8,14H2,1-5H3. The van der Waals surface area contributed by atoms with Gasteiger partial charge in [-0.2, -0.15) is 0 Å². The Balaban J connectivity index is 2.56. The van der Waals surface area contributed by atoms with Gasteiger partial charge in [0.2, 0.25) is 5.91 Å². The zero-order valence-corrected chi connectivity index (χ0v) is 11.7. The van der Waals surface area contributed by atoms with Crippen molar-refractivity contribution in [3.8, 4) is 0 Å². The lowest BCUT2D eigenvalue weighted by atomic mass is 9.95. The van der Waals surface area contributed by atoms with Gasteiger partial charge in [0.15, 0.2) is 0 Å². The number of carbonyl (C=O) groups excluding carboxylic acids is 1. The Morgan fingerprint density at radius 1 is 1.53 bits per heavy atom. The summed E-state index contributed by atoms with van der Waals surface area (Å²) in [5.41, 5.74) is 5.71. The number of likely N-dealkylation sites (tertiary alicyclic amines) is 1. The van der Waals surface area contributed by atoms with E-state index < -0.39 is 5.60 Å². The van der Waals surface area contributed by atoms with Crippen molar-refractivity contribution in [2.75, 3.05) is 20.2 Å². The van der Waals surface area contributed by atoms with E-state index in [0.717, 1.165) is 6.54 Å². The first-order valence-electron chi connectivity index (χ1n) is 6.36. The molecule has 1 aliphatic rings. The van der Waals surface area contributed by atoms with Crippen molar-refractivity contribution in [1.29, 1.82) is 0 Å². The fourth-order valence-electron chi connectivity index (χ4n) is 2.03. The van der Waals surface area contributed by atoms with E-state index in [1.54, 1.807) is 7.11 Å². The predicted molar refractivity (Wildman–Crippen MR) is 68.6 cm³/mol. The van der Waals surface area contributed by atoms with Crippen LogP contribution in [-0.4, -0.2) is 42.6 Å². The fraction of sp³-hybridized carbons (Fsp3) is 0.923. The molecule has 0 radical (unpaired) electrons. The van der Waals surface area contributed by atoms with Crippen LogP contribution >= 0.6 is 0 Å². The van der Waals surface area contributed by atoms with Gasteiger partial charge in [0.05, 0.1) is 11.6 Å². The van der Waals surface area contributed by atoms with Gasteiger partial charge in [-0.05, 0) is 25.7 Å². The first-order chi connectivity index (χ1) is 7.77. The summed E-state index contributed by atoms with van der Waals surface area (Å²) in [6.07, 6.45) is 0.664. The lowest BCUT2D eigenvalue weighted by Gasteiger charge is -2.33. The SMILES string of the molecule is COC(C)(C)C(N)CN1CC(C(C)C)CC1=O. The van der Waals surface area contributed by atoms with Crippen LogP contribution in [0.5, 0.6) is 0 Å². The quantitative estimate of drug-likeness (QED) is 0.789. The molecule has 2 N–H and O–H groups in total. The Morgan fingerprint density at radius 2 is 2.12 bits per heavy atom. The van der Waals surface area contributed by atoms with Gasteiger partial charge in [-0.15, -0.1) is 0 Å². The highest BCUT2D eigenvalue weighted by atomic mass is 16.5. The number of methoxy groups -OCH3 is 1. The first kappa shape index (κ1) is 14.5. The number of nitrogens with zero attached hydrogens (tertiary/aromatic N) is 1. The average Bonchev–Trinajstić information content (AvgIpc) is 2.60. The normalized spacial score (nSPS) is 23.6. The van der Waals surface area contributed by atoms with Crippen molar-refractivity contribution in [2.45, 2.75) is 45.8 Å². The summed E-state index contributed by atoms with van der Waals surface area (Å²) in [6, 6.07) is -0.151. The van der Waals surface area contributed by atoms with Crippen molar-refractivity contribution in [1.82, 2.24) is 4.90 Å². The molecule has 0 saturated carbocycles. The summed E-state index contributed by atoms with van der Waals surface area (Å²) in [5, 5.41) is 0. The van der Waals surface area contributed by atoms with E-state index in [-0.39, 0.29) is 11.9 Å². The molecule has 4 nitrogen and oxygen atoms in total. The maximum atomic E-state index is 11.9. The Kier molecular flexibility index (Phi) is 4.55. The summed E-state index contributed by atoms with van der Waals surface area (Å²) < 4.78 is 5.36. The Bertz CT molecular complexity index is 277. The molecule has 1 aliphatic heterocycles. The molecule has 0 aliphatic carbocycles. The second-order valence-electron chi connectivity index (χ2n) is 5.92. The van der Waals surface area contributed by atoms with Crippen LogP contribution in [0.15, 0.2) is 0 Å². The lowest BCUT2D eigenvalue weighted by Crippen LogP contribution is -2.52. The topological polar surface area (TPSA) is 55.6 Å². The van der Waals surface area contributed by atoms with Gasteiger partial charge in [0.25, 0.3) is 0 Å². The van der Waals surface area contributed by atoms with Crippen LogP contribution in [0.4, 0.5) is 0 Å². The highest BCUT2D eigenvalue weighted by molar-refractivity contribution is 5.78. The number of nitrogens with two attached hydrogens (primary N) is 1. The minimum atomic E-state index is -0.393. The second-order valence-corrected chi connectivity index (χ2v) is 5.92. The van der Waals surface area contributed by atoms with Gasteiger partial charge >= 0.3 is 0 Å². The Hall–Kier alpha value is -0.610. The maximum absolute atomic E-state index is 11.9. The van der Waals surface area contributed by atoms with E-state index in [0.29, 0.717) is 24.8 Å². The number of amides is 1. The number of ether oxygens (including phenoxy) is 1. The highest BCUT2D eigenvalue weighted by Crippen LogP contribution is 2.25. The van der Waals surface area contributed by atoms with Crippen molar-refractivity contribution >= 4 is 5.91 Å². The zero-order chi connectivity index (χ0) is 13.2. The first-order valence-corrected chi connectivity index (χ1v) is 6.36. The van der Waals surface area contributed by atoms with Gasteiger partial charge in [-0.25, -0.2) is 0 Å². The Morgan fingerprint density at radius 3 is 2.53 bits per heavy atom. The summed E-state index contributed by atoms with van der Waals surface area (Å²) in [5.74, 6) is 1.25. The fourth-order valence-corrected chi connectivity index (χ4v) is 2.03. The second kappa shape index (κ2) is 5.36. The number of carbonyl (C=O) groups is 1.